The van der Waals surface area contributed by atoms with Gasteiger partial charge in [0, 0.05) is 47.3 Å². The van der Waals surface area contributed by atoms with Crippen LogP contribution in [0, 0.1) is 11.7 Å². The first kappa shape index (κ1) is 23.6. The number of carbonyl (C=O) groups is 1. The molecule has 0 bridgehead atoms. The number of halogens is 2. The first-order valence-electron chi connectivity index (χ1n) is 12.1. The van der Waals surface area contributed by atoms with Gasteiger partial charge in [0.1, 0.15) is 5.82 Å². The minimum absolute atomic E-state index is 0.0166. The van der Waals surface area contributed by atoms with E-state index in [1.54, 1.807) is 18.2 Å². The smallest absolute Gasteiger partial charge is 0.223 e. The second-order valence-electron chi connectivity index (χ2n) is 9.27. The maximum atomic E-state index is 13.8. The lowest BCUT2D eigenvalue weighted by molar-refractivity contribution is -0.126. The van der Waals surface area contributed by atoms with E-state index in [1.807, 2.05) is 18.2 Å². The van der Waals surface area contributed by atoms with Crippen LogP contribution in [0.4, 0.5) is 4.39 Å². The Balaban J connectivity index is 1.23. The number of benzene rings is 3. The summed E-state index contributed by atoms with van der Waals surface area (Å²) in [4.78, 5) is 15.1. The second kappa shape index (κ2) is 10.6. The van der Waals surface area contributed by atoms with Gasteiger partial charge in [0.2, 0.25) is 5.91 Å². The normalized spacial score (nSPS) is 14.9. The Morgan fingerprint density at radius 3 is 2.51 bits per heavy atom. The molecule has 4 nitrogen and oxygen atoms in total. The Morgan fingerprint density at radius 2 is 1.71 bits per heavy atom. The van der Waals surface area contributed by atoms with E-state index in [4.69, 9.17) is 11.6 Å². The van der Waals surface area contributed by atoms with Gasteiger partial charge >= 0.3 is 0 Å². The lowest BCUT2D eigenvalue weighted by Gasteiger charge is -2.31. The first-order valence-corrected chi connectivity index (χ1v) is 12.5. The van der Waals surface area contributed by atoms with Crippen LogP contribution in [0.2, 0.25) is 5.02 Å². The van der Waals surface area contributed by atoms with E-state index >= 15 is 0 Å². The number of fused-ring (bicyclic) bond motifs is 1. The Morgan fingerprint density at radius 1 is 0.943 bits per heavy atom. The molecule has 0 unspecified atom stereocenters. The van der Waals surface area contributed by atoms with Gasteiger partial charge < -0.3 is 9.88 Å². The third-order valence-corrected chi connectivity index (χ3v) is 7.12. The molecule has 35 heavy (non-hydrogen) atoms. The van der Waals surface area contributed by atoms with Crippen LogP contribution in [-0.2, 0) is 24.4 Å². The van der Waals surface area contributed by atoms with E-state index in [0.29, 0.717) is 5.56 Å². The van der Waals surface area contributed by atoms with Crippen molar-refractivity contribution in [1.29, 1.82) is 0 Å². The number of likely N-dealkylation sites (tertiary alicyclic amines) is 1. The SMILES string of the molecule is O=C(NCc1ccccc1F)C1CCN(Cc2cc3ccccc3n2Cc2cccc(Cl)c2)CC1. The van der Waals surface area contributed by atoms with Crippen LogP contribution in [0.25, 0.3) is 10.9 Å². The molecular weight excluding hydrogens is 461 g/mol. The minimum Gasteiger partial charge on any atom is -0.352 e. The molecule has 0 atom stereocenters. The number of rotatable bonds is 7. The topological polar surface area (TPSA) is 37.3 Å². The van der Waals surface area contributed by atoms with Crippen LogP contribution in [-0.4, -0.2) is 28.5 Å². The van der Waals surface area contributed by atoms with Gasteiger partial charge in [-0.1, -0.05) is 60.1 Å². The van der Waals surface area contributed by atoms with Crippen molar-refractivity contribution in [3.8, 4) is 0 Å². The number of amides is 1. The second-order valence-corrected chi connectivity index (χ2v) is 9.71. The molecule has 5 rings (SSSR count). The summed E-state index contributed by atoms with van der Waals surface area (Å²) < 4.78 is 16.2. The molecule has 0 radical (unpaired) electrons. The van der Waals surface area contributed by atoms with Crippen molar-refractivity contribution in [1.82, 2.24) is 14.8 Å². The van der Waals surface area contributed by atoms with Gasteiger partial charge in [-0.2, -0.15) is 0 Å². The standard InChI is InChI=1S/C29H29ClFN3O/c30-25-9-5-6-21(16-25)19-34-26(17-23-7-2-4-11-28(23)34)20-33-14-12-22(13-15-33)29(35)32-18-24-8-1-3-10-27(24)31/h1-11,16-17,22H,12-15,18-20H2,(H,32,35). The third-order valence-electron chi connectivity index (χ3n) is 6.88. The summed E-state index contributed by atoms with van der Waals surface area (Å²) in [5.74, 6) is -0.297. The molecule has 1 aliphatic heterocycles. The number of hydrogen-bond acceptors (Lipinski definition) is 2. The summed E-state index contributed by atoms with van der Waals surface area (Å²) in [7, 11) is 0. The molecule has 0 spiro atoms. The lowest BCUT2D eigenvalue weighted by Crippen LogP contribution is -2.40. The molecule has 1 aromatic heterocycles. The number of piperidine rings is 1. The summed E-state index contributed by atoms with van der Waals surface area (Å²) in [5, 5.41) is 4.90. The van der Waals surface area contributed by atoms with Crippen LogP contribution in [0.5, 0.6) is 0 Å². The van der Waals surface area contributed by atoms with Crippen molar-refractivity contribution >= 4 is 28.4 Å². The molecule has 0 aliphatic carbocycles. The van der Waals surface area contributed by atoms with E-state index in [1.165, 1.54) is 28.2 Å². The predicted octanol–water partition coefficient (Wildman–Crippen LogP) is 6.01. The molecule has 3 aromatic carbocycles. The molecule has 0 saturated carbocycles. The highest BCUT2D eigenvalue weighted by Crippen LogP contribution is 2.25. The van der Waals surface area contributed by atoms with E-state index in [9.17, 15) is 9.18 Å². The number of carbonyl (C=O) groups excluding carboxylic acids is 1. The maximum Gasteiger partial charge on any atom is 0.223 e. The average Bonchev–Trinajstić information content (AvgIpc) is 3.20. The fourth-order valence-corrected chi connectivity index (χ4v) is 5.17. The summed E-state index contributed by atoms with van der Waals surface area (Å²) in [5.41, 5.74) is 4.16. The van der Waals surface area contributed by atoms with Gasteiger partial charge in [-0.15, -0.1) is 0 Å². The Hall–Kier alpha value is -3.15. The molecule has 2 heterocycles. The van der Waals surface area contributed by atoms with E-state index in [2.05, 4.69) is 51.2 Å². The van der Waals surface area contributed by atoms with Gasteiger partial charge in [-0.05, 0) is 67.2 Å². The molecule has 6 heteroatoms. The number of para-hydroxylation sites is 1. The molecule has 1 aliphatic rings. The van der Waals surface area contributed by atoms with Crippen LogP contribution in [0.1, 0.15) is 29.7 Å². The van der Waals surface area contributed by atoms with Gasteiger partial charge in [0.05, 0.1) is 0 Å². The van der Waals surface area contributed by atoms with Crippen molar-refractivity contribution in [2.75, 3.05) is 13.1 Å². The average molecular weight is 490 g/mol. The van der Waals surface area contributed by atoms with Gasteiger partial charge in [-0.3, -0.25) is 9.69 Å². The van der Waals surface area contributed by atoms with Gasteiger partial charge in [0.25, 0.3) is 0 Å². The Labute approximate surface area is 210 Å². The Kier molecular flexibility index (Phi) is 7.16. The fraction of sp³-hybridized carbons (Fsp3) is 0.276. The zero-order valence-electron chi connectivity index (χ0n) is 19.6. The highest BCUT2D eigenvalue weighted by atomic mass is 35.5. The quantitative estimate of drug-likeness (QED) is 0.345. The highest BCUT2D eigenvalue weighted by molar-refractivity contribution is 6.30. The molecule has 1 amide bonds. The molecule has 4 aromatic rings. The molecule has 1 saturated heterocycles. The van der Waals surface area contributed by atoms with Gasteiger partial charge in [-0.25, -0.2) is 4.39 Å². The van der Waals surface area contributed by atoms with Crippen LogP contribution in [0.3, 0.4) is 0 Å². The highest BCUT2D eigenvalue weighted by Gasteiger charge is 2.25. The number of nitrogens with one attached hydrogen (secondary N) is 1. The van der Waals surface area contributed by atoms with E-state index in [0.717, 1.165) is 44.0 Å². The molecule has 180 valence electrons. The zero-order chi connectivity index (χ0) is 24.2. The van der Waals surface area contributed by atoms with E-state index in [-0.39, 0.29) is 24.2 Å². The lowest BCUT2D eigenvalue weighted by atomic mass is 9.95. The predicted molar refractivity (Wildman–Crippen MR) is 139 cm³/mol. The van der Waals surface area contributed by atoms with Crippen molar-refractivity contribution < 1.29 is 9.18 Å². The molecule has 1 N–H and O–H groups in total. The monoisotopic (exact) mass is 489 g/mol. The first-order chi connectivity index (χ1) is 17.1. The van der Waals surface area contributed by atoms with Crippen molar-refractivity contribution in [3.05, 3.63) is 107 Å². The van der Waals surface area contributed by atoms with E-state index < -0.39 is 0 Å². The summed E-state index contributed by atoms with van der Waals surface area (Å²) in [6, 6.07) is 25.3. The van der Waals surface area contributed by atoms with Crippen molar-refractivity contribution in [2.45, 2.75) is 32.5 Å². The molecule has 1 fully saturated rings. The van der Waals surface area contributed by atoms with Crippen LogP contribution in [0.15, 0.2) is 78.9 Å². The molecular formula is C29H29ClFN3O. The fourth-order valence-electron chi connectivity index (χ4n) is 4.95. The van der Waals surface area contributed by atoms with Crippen molar-refractivity contribution in [2.24, 2.45) is 5.92 Å². The van der Waals surface area contributed by atoms with Crippen LogP contribution < -0.4 is 5.32 Å². The largest absolute Gasteiger partial charge is 0.352 e. The maximum absolute atomic E-state index is 13.8. The summed E-state index contributed by atoms with van der Waals surface area (Å²) in [6.07, 6.45) is 1.61. The summed E-state index contributed by atoms with van der Waals surface area (Å²) >= 11 is 6.23. The number of aromatic nitrogens is 1. The summed E-state index contributed by atoms with van der Waals surface area (Å²) in [6.45, 7) is 3.54. The van der Waals surface area contributed by atoms with Crippen LogP contribution >= 0.6 is 11.6 Å². The number of nitrogens with zero attached hydrogens (tertiary/aromatic N) is 2. The minimum atomic E-state index is -0.282. The zero-order valence-corrected chi connectivity index (χ0v) is 20.3. The van der Waals surface area contributed by atoms with Crippen molar-refractivity contribution in [3.63, 3.8) is 0 Å². The number of hydrogen-bond donors (Lipinski definition) is 1. The Bertz CT molecular complexity index is 1330. The van der Waals surface area contributed by atoms with Gasteiger partial charge in [0.15, 0.2) is 0 Å². The third kappa shape index (κ3) is 5.58.